The number of nitrogens with one attached hydrogen (secondary N) is 1. The Labute approximate surface area is 123 Å². The highest BCUT2D eigenvalue weighted by Gasteiger charge is 2.30. The number of phenolic OH excluding ortho intramolecular Hbond substituents is 1. The molecule has 6 heteroatoms. The first kappa shape index (κ1) is 15.3. The maximum atomic E-state index is 12.3. The number of carboxylic acids is 1. The highest BCUT2D eigenvalue weighted by Crippen LogP contribution is 2.32. The predicted octanol–water partition coefficient (Wildman–Crippen LogP) is 1.79. The molecule has 1 aliphatic carbocycles. The van der Waals surface area contributed by atoms with Crippen LogP contribution in [-0.2, 0) is 4.79 Å². The molecule has 1 saturated carbocycles. The predicted molar refractivity (Wildman–Crippen MR) is 78.2 cm³/mol. The third kappa shape index (κ3) is 3.52. The molecule has 5 N–H and O–H groups in total. The smallest absolute Gasteiger partial charge is 0.335 e. The van der Waals surface area contributed by atoms with Crippen LogP contribution < -0.4 is 11.1 Å². The van der Waals surface area contributed by atoms with E-state index in [1.807, 2.05) is 0 Å². The summed E-state index contributed by atoms with van der Waals surface area (Å²) in [7, 11) is 0. The van der Waals surface area contributed by atoms with Gasteiger partial charge in [-0.05, 0) is 43.5 Å². The fourth-order valence-electron chi connectivity index (χ4n) is 2.83. The summed E-state index contributed by atoms with van der Waals surface area (Å²) >= 11 is 0. The lowest BCUT2D eigenvalue weighted by Gasteiger charge is -2.29. The van der Waals surface area contributed by atoms with Crippen molar-refractivity contribution in [3.8, 4) is 5.75 Å². The lowest BCUT2D eigenvalue weighted by atomic mass is 9.78. The number of hydrogen-bond acceptors (Lipinski definition) is 4. The van der Waals surface area contributed by atoms with Gasteiger partial charge in [0.25, 0.3) is 0 Å². The number of anilines is 1. The molecule has 1 aromatic carbocycles. The molecule has 0 heterocycles. The molecule has 2 atom stereocenters. The van der Waals surface area contributed by atoms with Crippen molar-refractivity contribution >= 4 is 17.6 Å². The van der Waals surface area contributed by atoms with E-state index in [1.54, 1.807) is 0 Å². The average Bonchev–Trinajstić information content (AvgIpc) is 2.49. The van der Waals surface area contributed by atoms with E-state index >= 15 is 0 Å². The van der Waals surface area contributed by atoms with Crippen LogP contribution >= 0.6 is 0 Å². The number of phenols is 1. The van der Waals surface area contributed by atoms with Gasteiger partial charge in [0.1, 0.15) is 5.75 Å². The minimum Gasteiger partial charge on any atom is -0.506 e. The number of carboxylic acid groups (broad SMARTS) is 1. The number of hydrogen-bond donors (Lipinski definition) is 4. The normalized spacial score (nSPS) is 21.8. The zero-order valence-electron chi connectivity index (χ0n) is 11.7. The van der Waals surface area contributed by atoms with Crippen LogP contribution in [0.5, 0.6) is 5.75 Å². The molecular weight excluding hydrogens is 272 g/mol. The van der Waals surface area contributed by atoms with Crippen molar-refractivity contribution in [3.63, 3.8) is 0 Å². The fourth-order valence-corrected chi connectivity index (χ4v) is 2.83. The lowest BCUT2D eigenvalue weighted by Crippen LogP contribution is -2.35. The van der Waals surface area contributed by atoms with Crippen molar-refractivity contribution in [2.75, 3.05) is 11.9 Å². The van der Waals surface area contributed by atoms with E-state index in [1.165, 1.54) is 18.2 Å². The maximum Gasteiger partial charge on any atom is 0.335 e. The highest BCUT2D eigenvalue weighted by atomic mass is 16.4. The first-order valence-electron chi connectivity index (χ1n) is 7.10. The van der Waals surface area contributed by atoms with Gasteiger partial charge in [0.15, 0.2) is 0 Å². The number of rotatable bonds is 4. The molecule has 21 heavy (non-hydrogen) atoms. The van der Waals surface area contributed by atoms with Gasteiger partial charge in [-0.15, -0.1) is 0 Å². The Hall–Kier alpha value is -2.08. The maximum absolute atomic E-state index is 12.3. The first-order chi connectivity index (χ1) is 10.0. The molecule has 0 aliphatic heterocycles. The van der Waals surface area contributed by atoms with Gasteiger partial charge in [0.2, 0.25) is 5.91 Å². The second-order valence-corrected chi connectivity index (χ2v) is 5.41. The van der Waals surface area contributed by atoms with E-state index in [-0.39, 0.29) is 34.7 Å². The first-order valence-corrected chi connectivity index (χ1v) is 7.10. The van der Waals surface area contributed by atoms with Crippen LogP contribution in [0.2, 0.25) is 0 Å². The van der Waals surface area contributed by atoms with Crippen LogP contribution in [0.1, 0.15) is 36.0 Å². The van der Waals surface area contributed by atoms with Crippen molar-refractivity contribution < 1.29 is 19.8 Å². The zero-order valence-corrected chi connectivity index (χ0v) is 11.7. The molecule has 0 saturated heterocycles. The number of aromatic carboxylic acids is 1. The summed E-state index contributed by atoms with van der Waals surface area (Å²) in [4.78, 5) is 23.3. The molecule has 0 spiro atoms. The number of aromatic hydroxyl groups is 1. The Morgan fingerprint density at radius 2 is 2.00 bits per heavy atom. The molecule has 2 rings (SSSR count). The van der Waals surface area contributed by atoms with Gasteiger partial charge in [-0.3, -0.25) is 4.79 Å². The van der Waals surface area contributed by atoms with E-state index in [0.29, 0.717) is 6.54 Å². The summed E-state index contributed by atoms with van der Waals surface area (Å²) in [5.74, 6) is -1.50. The quantitative estimate of drug-likeness (QED) is 0.632. The number of amides is 1. The van der Waals surface area contributed by atoms with Gasteiger partial charge in [0.05, 0.1) is 11.3 Å². The van der Waals surface area contributed by atoms with Crippen LogP contribution in [0.4, 0.5) is 5.69 Å². The lowest BCUT2D eigenvalue weighted by molar-refractivity contribution is -0.122. The van der Waals surface area contributed by atoms with Crippen molar-refractivity contribution in [2.24, 2.45) is 17.6 Å². The third-order valence-corrected chi connectivity index (χ3v) is 4.05. The van der Waals surface area contributed by atoms with Gasteiger partial charge < -0.3 is 21.3 Å². The molecule has 6 nitrogen and oxygen atoms in total. The summed E-state index contributed by atoms with van der Waals surface area (Å²) in [6.07, 6.45) is 3.75. The Balaban J connectivity index is 2.15. The SMILES string of the molecule is NCC1CCCCC1C(=O)Nc1cc(C(=O)O)ccc1O. The molecule has 2 unspecified atom stereocenters. The number of nitrogens with two attached hydrogens (primary N) is 1. The molecule has 0 aromatic heterocycles. The Morgan fingerprint density at radius 1 is 1.29 bits per heavy atom. The molecular formula is C15H20N2O4. The highest BCUT2D eigenvalue weighted by molar-refractivity contribution is 5.96. The van der Waals surface area contributed by atoms with Gasteiger partial charge in [0, 0.05) is 5.92 Å². The Bertz CT molecular complexity index is 544. The standard InChI is InChI=1S/C15H20N2O4/c16-8-10-3-1-2-4-11(10)14(19)17-12-7-9(15(20)21)5-6-13(12)18/h5-7,10-11,18H,1-4,8,16H2,(H,17,19)(H,20,21). The second-order valence-electron chi connectivity index (χ2n) is 5.41. The van der Waals surface area contributed by atoms with E-state index in [2.05, 4.69) is 5.32 Å². The fraction of sp³-hybridized carbons (Fsp3) is 0.467. The zero-order chi connectivity index (χ0) is 15.4. The number of carbonyl (C=O) groups is 2. The van der Waals surface area contributed by atoms with Crippen molar-refractivity contribution in [3.05, 3.63) is 23.8 Å². The van der Waals surface area contributed by atoms with Gasteiger partial charge in [-0.2, -0.15) is 0 Å². The molecule has 114 valence electrons. The molecule has 0 bridgehead atoms. The molecule has 1 fully saturated rings. The van der Waals surface area contributed by atoms with Crippen LogP contribution in [0.3, 0.4) is 0 Å². The summed E-state index contributed by atoms with van der Waals surface area (Å²) < 4.78 is 0. The van der Waals surface area contributed by atoms with Crippen molar-refractivity contribution in [1.82, 2.24) is 0 Å². The van der Waals surface area contributed by atoms with E-state index in [0.717, 1.165) is 25.7 Å². The van der Waals surface area contributed by atoms with Crippen LogP contribution in [-0.4, -0.2) is 28.6 Å². The minimum atomic E-state index is -1.11. The molecule has 1 aromatic rings. The number of carbonyl (C=O) groups excluding carboxylic acids is 1. The van der Waals surface area contributed by atoms with Crippen molar-refractivity contribution in [1.29, 1.82) is 0 Å². The van der Waals surface area contributed by atoms with E-state index in [9.17, 15) is 14.7 Å². The summed E-state index contributed by atoms with van der Waals surface area (Å²) in [5, 5.41) is 21.3. The Morgan fingerprint density at radius 3 is 2.67 bits per heavy atom. The van der Waals surface area contributed by atoms with Crippen LogP contribution in [0.15, 0.2) is 18.2 Å². The van der Waals surface area contributed by atoms with Gasteiger partial charge in [-0.25, -0.2) is 4.79 Å². The third-order valence-electron chi connectivity index (χ3n) is 4.05. The minimum absolute atomic E-state index is 0.0159. The van der Waals surface area contributed by atoms with Gasteiger partial charge >= 0.3 is 5.97 Å². The summed E-state index contributed by atoms with van der Waals surface area (Å²) in [6, 6.07) is 3.81. The molecule has 0 radical (unpaired) electrons. The molecule has 1 aliphatic rings. The van der Waals surface area contributed by atoms with Crippen molar-refractivity contribution in [2.45, 2.75) is 25.7 Å². The monoisotopic (exact) mass is 292 g/mol. The number of benzene rings is 1. The van der Waals surface area contributed by atoms with Crippen LogP contribution in [0, 0.1) is 11.8 Å². The van der Waals surface area contributed by atoms with E-state index < -0.39 is 5.97 Å². The van der Waals surface area contributed by atoms with E-state index in [4.69, 9.17) is 10.8 Å². The molecule has 1 amide bonds. The topological polar surface area (TPSA) is 113 Å². The van der Waals surface area contributed by atoms with Crippen LogP contribution in [0.25, 0.3) is 0 Å². The largest absolute Gasteiger partial charge is 0.506 e. The summed E-state index contributed by atoms with van der Waals surface area (Å²) in [6.45, 7) is 0.458. The second kappa shape index (κ2) is 6.58. The average molecular weight is 292 g/mol. The Kier molecular flexibility index (Phi) is 4.80. The van der Waals surface area contributed by atoms with Gasteiger partial charge in [-0.1, -0.05) is 12.8 Å². The summed E-state index contributed by atoms with van der Waals surface area (Å²) in [5.41, 5.74) is 5.85.